The van der Waals surface area contributed by atoms with Crippen LogP contribution in [0.5, 0.6) is 0 Å². The van der Waals surface area contributed by atoms with Crippen molar-refractivity contribution < 1.29 is 14.3 Å². The molecule has 0 bridgehead atoms. The maximum absolute atomic E-state index is 12.5. The number of aliphatic hydroxyl groups excluding tert-OH is 1. The Labute approximate surface area is 93.5 Å². The molecular weight excluding hydrogens is 211 g/mol. The van der Waals surface area contributed by atoms with Crippen molar-refractivity contribution in [2.45, 2.75) is 19.9 Å². The second-order valence-corrected chi connectivity index (χ2v) is 3.79. The number of aliphatic hydroxyl groups is 1. The molecule has 1 rings (SSSR count). The fourth-order valence-electron chi connectivity index (χ4n) is 1.10. The van der Waals surface area contributed by atoms with E-state index in [1.807, 2.05) is 6.92 Å². The molecule has 0 saturated carbocycles. The Bertz CT molecular complexity index is 354. The summed E-state index contributed by atoms with van der Waals surface area (Å²) in [5.41, 5.74) is 0.304. The Kier molecular flexibility index (Phi) is 4.37. The first-order valence-corrected chi connectivity index (χ1v) is 5.08. The normalized spacial score (nSPS) is 14.2. The second kappa shape index (κ2) is 5.55. The number of carbonyl (C=O) groups excluding carboxylic acids is 1. The van der Waals surface area contributed by atoms with Gasteiger partial charge < -0.3 is 10.4 Å². The number of pyridine rings is 1. The quantitative estimate of drug-likeness (QED) is 0.752. The molecule has 1 aromatic heterocycles. The van der Waals surface area contributed by atoms with Gasteiger partial charge in [0.1, 0.15) is 0 Å². The van der Waals surface area contributed by atoms with E-state index >= 15 is 0 Å². The average Bonchev–Trinajstić information content (AvgIpc) is 2.28. The van der Waals surface area contributed by atoms with Gasteiger partial charge >= 0.3 is 0 Å². The molecule has 2 N–H and O–H groups in total. The number of rotatable bonds is 4. The summed E-state index contributed by atoms with van der Waals surface area (Å²) in [5.74, 6) is -0.967. The number of hydrogen-bond donors (Lipinski definition) is 2. The van der Waals surface area contributed by atoms with Gasteiger partial charge in [0.2, 0.25) is 5.95 Å². The maximum atomic E-state index is 12.5. The van der Waals surface area contributed by atoms with Gasteiger partial charge in [-0.25, -0.2) is 4.98 Å². The summed E-state index contributed by atoms with van der Waals surface area (Å²) in [4.78, 5) is 15.0. The third-order valence-corrected chi connectivity index (χ3v) is 2.49. The molecule has 1 aromatic rings. The Morgan fingerprint density at radius 3 is 2.75 bits per heavy atom. The SMILES string of the molecule is CC(CO)C(C)NC(=O)c1ccc(F)nc1. The molecule has 0 radical (unpaired) electrons. The van der Waals surface area contributed by atoms with Gasteiger partial charge in [0, 0.05) is 18.8 Å². The van der Waals surface area contributed by atoms with Crippen LogP contribution in [0.1, 0.15) is 24.2 Å². The lowest BCUT2D eigenvalue weighted by Gasteiger charge is -2.19. The number of amides is 1. The first-order valence-electron chi connectivity index (χ1n) is 5.08. The van der Waals surface area contributed by atoms with Crippen molar-refractivity contribution in [1.29, 1.82) is 0 Å². The van der Waals surface area contributed by atoms with Crippen LogP contribution in [0, 0.1) is 11.9 Å². The highest BCUT2D eigenvalue weighted by Crippen LogP contribution is 2.04. The zero-order chi connectivity index (χ0) is 12.1. The maximum Gasteiger partial charge on any atom is 0.253 e. The lowest BCUT2D eigenvalue weighted by atomic mass is 10.0. The van der Waals surface area contributed by atoms with Crippen LogP contribution in [0.2, 0.25) is 0 Å². The predicted octanol–water partition coefficient (Wildman–Crippen LogP) is 0.967. The highest BCUT2D eigenvalue weighted by molar-refractivity contribution is 5.93. The molecule has 0 spiro atoms. The van der Waals surface area contributed by atoms with Crippen LogP contribution in [0.15, 0.2) is 18.3 Å². The Morgan fingerprint density at radius 1 is 1.56 bits per heavy atom. The fraction of sp³-hybridized carbons (Fsp3) is 0.455. The van der Waals surface area contributed by atoms with Gasteiger partial charge in [-0.3, -0.25) is 4.79 Å². The summed E-state index contributed by atoms with van der Waals surface area (Å²) in [5, 5.41) is 11.6. The Morgan fingerprint density at radius 2 is 2.25 bits per heavy atom. The van der Waals surface area contributed by atoms with Crippen molar-refractivity contribution in [3.8, 4) is 0 Å². The molecule has 2 unspecified atom stereocenters. The topological polar surface area (TPSA) is 62.2 Å². The molecule has 0 aliphatic rings. The van der Waals surface area contributed by atoms with Gasteiger partial charge in [0.15, 0.2) is 0 Å². The van der Waals surface area contributed by atoms with E-state index in [1.165, 1.54) is 12.3 Å². The average molecular weight is 226 g/mol. The molecule has 1 heterocycles. The predicted molar refractivity (Wildman–Crippen MR) is 57.4 cm³/mol. The van der Waals surface area contributed by atoms with E-state index in [-0.39, 0.29) is 24.5 Å². The highest BCUT2D eigenvalue weighted by atomic mass is 19.1. The number of nitrogens with one attached hydrogen (secondary N) is 1. The third kappa shape index (κ3) is 3.27. The number of aromatic nitrogens is 1. The van der Waals surface area contributed by atoms with Gasteiger partial charge in [-0.15, -0.1) is 0 Å². The number of nitrogens with zero attached hydrogens (tertiary/aromatic N) is 1. The summed E-state index contributed by atoms with van der Waals surface area (Å²) in [6.45, 7) is 3.63. The van der Waals surface area contributed by atoms with Crippen LogP contribution >= 0.6 is 0 Å². The molecule has 16 heavy (non-hydrogen) atoms. The van der Waals surface area contributed by atoms with E-state index in [1.54, 1.807) is 6.92 Å². The monoisotopic (exact) mass is 226 g/mol. The molecular formula is C11H15FN2O2. The van der Waals surface area contributed by atoms with Crippen molar-refractivity contribution in [1.82, 2.24) is 10.3 Å². The largest absolute Gasteiger partial charge is 0.396 e. The van der Waals surface area contributed by atoms with Crippen molar-refractivity contribution in [2.75, 3.05) is 6.61 Å². The highest BCUT2D eigenvalue weighted by Gasteiger charge is 2.15. The van der Waals surface area contributed by atoms with Crippen LogP contribution < -0.4 is 5.32 Å². The molecule has 4 nitrogen and oxygen atoms in total. The Balaban J connectivity index is 2.62. The van der Waals surface area contributed by atoms with Crippen LogP contribution in [0.3, 0.4) is 0 Å². The van der Waals surface area contributed by atoms with Gasteiger partial charge in [-0.05, 0) is 25.0 Å². The molecule has 1 amide bonds. The van der Waals surface area contributed by atoms with E-state index in [0.29, 0.717) is 5.56 Å². The fourth-order valence-corrected chi connectivity index (χ4v) is 1.10. The first-order chi connectivity index (χ1) is 7.54. The molecule has 5 heteroatoms. The lowest BCUT2D eigenvalue weighted by molar-refractivity contribution is 0.0916. The van der Waals surface area contributed by atoms with Gasteiger partial charge in [-0.2, -0.15) is 4.39 Å². The minimum Gasteiger partial charge on any atom is -0.396 e. The lowest BCUT2D eigenvalue weighted by Crippen LogP contribution is -2.38. The first kappa shape index (κ1) is 12.6. The Hall–Kier alpha value is -1.49. The van der Waals surface area contributed by atoms with Crippen LogP contribution in [0.4, 0.5) is 4.39 Å². The van der Waals surface area contributed by atoms with Crippen molar-refractivity contribution >= 4 is 5.91 Å². The van der Waals surface area contributed by atoms with E-state index in [9.17, 15) is 9.18 Å². The third-order valence-electron chi connectivity index (χ3n) is 2.49. The van der Waals surface area contributed by atoms with E-state index < -0.39 is 5.95 Å². The molecule has 0 aliphatic heterocycles. The minimum atomic E-state index is -0.617. The van der Waals surface area contributed by atoms with Gasteiger partial charge in [0.25, 0.3) is 5.91 Å². The standard InChI is InChI=1S/C11H15FN2O2/c1-7(6-15)8(2)14-11(16)9-3-4-10(12)13-5-9/h3-5,7-8,15H,6H2,1-2H3,(H,14,16). The van der Waals surface area contributed by atoms with E-state index in [4.69, 9.17) is 5.11 Å². The zero-order valence-electron chi connectivity index (χ0n) is 9.27. The summed E-state index contributed by atoms with van der Waals surface area (Å²) in [6.07, 6.45) is 1.18. The second-order valence-electron chi connectivity index (χ2n) is 3.79. The van der Waals surface area contributed by atoms with E-state index in [2.05, 4.69) is 10.3 Å². The molecule has 88 valence electrons. The number of halogens is 1. The van der Waals surface area contributed by atoms with Gasteiger partial charge in [0.05, 0.1) is 5.56 Å². The molecule has 0 aromatic carbocycles. The van der Waals surface area contributed by atoms with Crippen LogP contribution in [0.25, 0.3) is 0 Å². The summed E-state index contributed by atoms with van der Waals surface area (Å²) >= 11 is 0. The van der Waals surface area contributed by atoms with Crippen LogP contribution in [-0.2, 0) is 0 Å². The van der Waals surface area contributed by atoms with Crippen molar-refractivity contribution in [3.63, 3.8) is 0 Å². The van der Waals surface area contributed by atoms with Crippen molar-refractivity contribution in [2.24, 2.45) is 5.92 Å². The summed E-state index contributed by atoms with van der Waals surface area (Å²) in [6, 6.07) is 2.35. The number of hydrogen-bond acceptors (Lipinski definition) is 3. The summed E-state index contributed by atoms with van der Waals surface area (Å²) in [7, 11) is 0. The zero-order valence-corrected chi connectivity index (χ0v) is 9.27. The summed E-state index contributed by atoms with van der Waals surface area (Å²) < 4.78 is 12.5. The molecule has 2 atom stereocenters. The van der Waals surface area contributed by atoms with Crippen LogP contribution in [-0.4, -0.2) is 28.6 Å². The molecule has 0 aliphatic carbocycles. The molecule has 0 fully saturated rings. The van der Waals surface area contributed by atoms with E-state index in [0.717, 1.165) is 6.07 Å². The van der Waals surface area contributed by atoms with Gasteiger partial charge in [-0.1, -0.05) is 6.92 Å². The molecule has 0 saturated heterocycles. The smallest absolute Gasteiger partial charge is 0.253 e. The minimum absolute atomic E-state index is 0.00309. The number of carbonyl (C=O) groups is 1. The van der Waals surface area contributed by atoms with Crippen molar-refractivity contribution in [3.05, 3.63) is 29.8 Å².